The molecule has 0 saturated carbocycles. The Kier molecular flexibility index (Phi) is 2.64. The summed E-state index contributed by atoms with van der Waals surface area (Å²) in [6.07, 6.45) is 3.26. The van der Waals surface area contributed by atoms with Crippen LogP contribution in [-0.4, -0.2) is 20.9 Å². The first kappa shape index (κ1) is 11.9. The van der Waals surface area contributed by atoms with Crippen LogP contribution in [0.1, 0.15) is 12.5 Å². The number of hydrogen-bond donors (Lipinski definition) is 1. The molecule has 0 spiro atoms. The average molecular weight is 272 g/mol. The Balaban J connectivity index is 2.22. The number of thiophene rings is 1. The molecule has 0 fully saturated rings. The normalized spacial score (nSPS) is 14.4. The van der Waals surface area contributed by atoms with Gasteiger partial charge in [-0.25, -0.2) is 4.79 Å². The maximum Gasteiger partial charge on any atom is 0.336 e. The van der Waals surface area contributed by atoms with E-state index in [-0.39, 0.29) is 0 Å². The van der Waals surface area contributed by atoms with E-state index in [1.54, 1.807) is 36.7 Å². The third-order valence-electron chi connectivity index (χ3n) is 3.39. The fraction of sp³-hybridized carbons (Fsp3) is 0.143. The zero-order chi connectivity index (χ0) is 13.5. The Morgan fingerprint density at radius 3 is 2.95 bits per heavy atom. The van der Waals surface area contributed by atoms with Crippen molar-refractivity contribution in [1.29, 1.82) is 0 Å². The molecular weight excluding hydrogens is 260 g/mol. The van der Waals surface area contributed by atoms with Crippen molar-refractivity contribution >= 4 is 27.4 Å². The Morgan fingerprint density at radius 2 is 2.26 bits per heavy atom. The molecule has 0 saturated heterocycles. The van der Waals surface area contributed by atoms with Crippen molar-refractivity contribution in [3.63, 3.8) is 0 Å². The topological polar surface area (TPSA) is 55.1 Å². The molecule has 19 heavy (non-hydrogen) atoms. The number of nitrogens with zero attached hydrogens (tertiary/aromatic N) is 2. The molecule has 3 aromatic rings. The molecular formula is C14H12N2O2S. The lowest BCUT2D eigenvalue weighted by molar-refractivity contribution is -0.144. The van der Waals surface area contributed by atoms with E-state index in [9.17, 15) is 9.90 Å². The number of fused-ring (bicyclic) bond motifs is 1. The Hall–Kier alpha value is -2.14. The molecule has 96 valence electrons. The largest absolute Gasteiger partial charge is 0.479 e. The van der Waals surface area contributed by atoms with Gasteiger partial charge in [0, 0.05) is 17.1 Å². The van der Waals surface area contributed by atoms with Crippen LogP contribution >= 0.6 is 11.3 Å². The number of carboxylic acids is 1. The number of carboxylic acid groups (broad SMARTS) is 1. The summed E-state index contributed by atoms with van der Waals surface area (Å²) in [7, 11) is 0. The van der Waals surface area contributed by atoms with Crippen molar-refractivity contribution < 1.29 is 9.90 Å². The number of rotatable bonds is 3. The fourth-order valence-electron chi connectivity index (χ4n) is 2.16. The molecule has 1 atom stereocenters. The van der Waals surface area contributed by atoms with Gasteiger partial charge in [0.1, 0.15) is 0 Å². The standard InChI is InChI=1S/C14H12N2O2S/c1-14(13(17)18,16-7-2-6-15-16)11-3-4-12-10(9-11)5-8-19-12/h2-9H,1H3,(H,17,18). The second kappa shape index (κ2) is 4.20. The van der Waals surface area contributed by atoms with Crippen molar-refractivity contribution in [2.45, 2.75) is 12.5 Å². The number of aliphatic carboxylic acids is 1. The van der Waals surface area contributed by atoms with Crippen LogP contribution < -0.4 is 0 Å². The smallest absolute Gasteiger partial charge is 0.336 e. The molecule has 4 nitrogen and oxygen atoms in total. The summed E-state index contributed by atoms with van der Waals surface area (Å²) in [6.45, 7) is 1.66. The molecule has 2 heterocycles. The third-order valence-corrected chi connectivity index (χ3v) is 4.29. The van der Waals surface area contributed by atoms with Crippen LogP contribution in [0.3, 0.4) is 0 Å². The number of aromatic nitrogens is 2. The molecule has 1 unspecified atom stereocenters. The highest BCUT2D eigenvalue weighted by atomic mass is 32.1. The lowest BCUT2D eigenvalue weighted by Gasteiger charge is -2.26. The summed E-state index contributed by atoms with van der Waals surface area (Å²) in [5.74, 6) is -0.925. The van der Waals surface area contributed by atoms with Crippen molar-refractivity contribution in [2.24, 2.45) is 0 Å². The highest BCUT2D eigenvalue weighted by Crippen LogP contribution is 2.30. The van der Waals surface area contributed by atoms with Crippen LogP contribution in [0.25, 0.3) is 10.1 Å². The summed E-state index contributed by atoms with van der Waals surface area (Å²) >= 11 is 1.64. The van der Waals surface area contributed by atoms with E-state index in [4.69, 9.17) is 0 Å². The van der Waals surface area contributed by atoms with Gasteiger partial charge in [-0.3, -0.25) is 4.68 Å². The molecule has 0 aliphatic carbocycles. The van der Waals surface area contributed by atoms with Crippen LogP contribution in [-0.2, 0) is 10.3 Å². The van der Waals surface area contributed by atoms with Gasteiger partial charge in [0.2, 0.25) is 0 Å². The predicted octanol–water partition coefficient (Wildman–Crippen LogP) is 2.95. The highest BCUT2D eigenvalue weighted by molar-refractivity contribution is 7.17. The SMILES string of the molecule is CC(C(=O)O)(c1ccc2sccc2c1)n1cccn1. The molecule has 2 aromatic heterocycles. The van der Waals surface area contributed by atoms with Gasteiger partial charge in [0.15, 0.2) is 5.54 Å². The highest BCUT2D eigenvalue weighted by Gasteiger charge is 2.38. The monoisotopic (exact) mass is 272 g/mol. The molecule has 0 radical (unpaired) electrons. The molecule has 0 amide bonds. The Bertz CT molecular complexity index is 733. The second-order valence-electron chi connectivity index (χ2n) is 4.50. The number of carbonyl (C=O) groups is 1. The van der Waals surface area contributed by atoms with Crippen molar-refractivity contribution in [3.05, 3.63) is 53.7 Å². The molecule has 3 rings (SSSR count). The minimum atomic E-state index is -1.19. The quantitative estimate of drug-likeness (QED) is 0.797. The van der Waals surface area contributed by atoms with Crippen LogP contribution in [0.5, 0.6) is 0 Å². The lowest BCUT2D eigenvalue weighted by Crippen LogP contribution is -2.40. The first-order chi connectivity index (χ1) is 9.12. The van der Waals surface area contributed by atoms with Crippen LogP contribution in [0.15, 0.2) is 48.1 Å². The first-order valence-corrected chi connectivity index (χ1v) is 6.71. The van der Waals surface area contributed by atoms with Crippen LogP contribution in [0, 0.1) is 0 Å². The molecule has 0 bridgehead atoms. The summed E-state index contributed by atoms with van der Waals surface area (Å²) < 4.78 is 2.63. The van der Waals surface area contributed by atoms with E-state index in [2.05, 4.69) is 5.10 Å². The van der Waals surface area contributed by atoms with E-state index in [1.165, 1.54) is 4.68 Å². The van der Waals surface area contributed by atoms with E-state index < -0.39 is 11.5 Å². The maximum atomic E-state index is 11.7. The van der Waals surface area contributed by atoms with Crippen molar-refractivity contribution in [1.82, 2.24) is 9.78 Å². The summed E-state index contributed by atoms with van der Waals surface area (Å²) in [5.41, 5.74) is -0.478. The first-order valence-electron chi connectivity index (χ1n) is 5.83. The zero-order valence-corrected chi connectivity index (χ0v) is 11.1. The fourth-order valence-corrected chi connectivity index (χ4v) is 2.93. The molecule has 5 heteroatoms. The molecule has 0 aliphatic heterocycles. The van der Waals surface area contributed by atoms with Crippen molar-refractivity contribution in [3.8, 4) is 0 Å². The summed E-state index contributed by atoms with van der Waals surface area (Å²) in [6, 6.07) is 9.45. The minimum absolute atomic E-state index is 0.717. The number of hydrogen-bond acceptors (Lipinski definition) is 3. The third kappa shape index (κ3) is 1.74. The van der Waals surface area contributed by atoms with Gasteiger partial charge in [0.25, 0.3) is 0 Å². The Morgan fingerprint density at radius 1 is 1.42 bits per heavy atom. The molecule has 1 aromatic carbocycles. The van der Waals surface area contributed by atoms with Gasteiger partial charge < -0.3 is 5.11 Å². The predicted molar refractivity (Wildman–Crippen MR) is 74.4 cm³/mol. The second-order valence-corrected chi connectivity index (χ2v) is 5.45. The van der Waals surface area contributed by atoms with E-state index in [1.807, 2.05) is 29.6 Å². The van der Waals surface area contributed by atoms with Gasteiger partial charge in [-0.2, -0.15) is 5.10 Å². The van der Waals surface area contributed by atoms with E-state index in [0.29, 0.717) is 0 Å². The van der Waals surface area contributed by atoms with Gasteiger partial charge in [-0.1, -0.05) is 6.07 Å². The van der Waals surface area contributed by atoms with Crippen LogP contribution in [0.2, 0.25) is 0 Å². The maximum absolute atomic E-state index is 11.7. The van der Waals surface area contributed by atoms with E-state index in [0.717, 1.165) is 15.6 Å². The van der Waals surface area contributed by atoms with E-state index >= 15 is 0 Å². The van der Waals surface area contributed by atoms with Gasteiger partial charge in [0.05, 0.1) is 0 Å². The Labute approximate surface area is 113 Å². The van der Waals surface area contributed by atoms with Crippen LogP contribution in [0.4, 0.5) is 0 Å². The zero-order valence-electron chi connectivity index (χ0n) is 10.3. The summed E-state index contributed by atoms with van der Waals surface area (Å²) in [4.78, 5) is 11.7. The molecule has 0 aliphatic rings. The average Bonchev–Trinajstić information content (AvgIpc) is 3.07. The minimum Gasteiger partial charge on any atom is -0.479 e. The summed E-state index contributed by atoms with van der Waals surface area (Å²) in [5, 5.41) is 16.8. The van der Waals surface area contributed by atoms with Crippen molar-refractivity contribution in [2.75, 3.05) is 0 Å². The lowest BCUT2D eigenvalue weighted by atomic mass is 9.91. The van der Waals surface area contributed by atoms with Gasteiger partial charge in [-0.15, -0.1) is 11.3 Å². The number of benzene rings is 1. The van der Waals surface area contributed by atoms with Gasteiger partial charge in [-0.05, 0) is 47.5 Å². The van der Waals surface area contributed by atoms with Gasteiger partial charge >= 0.3 is 5.97 Å². The molecule has 1 N–H and O–H groups in total.